The zero-order valence-corrected chi connectivity index (χ0v) is 9.18. The van der Waals surface area contributed by atoms with E-state index in [4.69, 9.17) is 0 Å². The van der Waals surface area contributed by atoms with E-state index in [1.54, 1.807) is 18.3 Å². The maximum atomic E-state index is 9.26. The number of para-hydroxylation sites is 1. The molecule has 1 aromatic rings. The number of phenolic OH excluding ortho intramolecular Hbond substituents is 1. The number of aliphatic imine (C=N–C) groups is 1. The fourth-order valence-corrected chi connectivity index (χ4v) is 0.834. The van der Waals surface area contributed by atoms with Gasteiger partial charge in [0.1, 0.15) is 5.75 Å². The van der Waals surface area contributed by atoms with Gasteiger partial charge in [-0.3, -0.25) is 4.99 Å². The summed E-state index contributed by atoms with van der Waals surface area (Å²) in [6.07, 6.45) is 1.73. The first-order chi connectivity index (χ1) is 6.34. The van der Waals surface area contributed by atoms with Gasteiger partial charge in [0.15, 0.2) is 0 Å². The van der Waals surface area contributed by atoms with E-state index in [9.17, 15) is 5.11 Å². The van der Waals surface area contributed by atoms with Crippen LogP contribution in [0.4, 0.5) is 0 Å². The van der Waals surface area contributed by atoms with Crippen LogP contribution < -0.4 is 0 Å². The third kappa shape index (κ3) is 4.94. The van der Waals surface area contributed by atoms with E-state index < -0.39 is 0 Å². The van der Waals surface area contributed by atoms with Gasteiger partial charge in [0.25, 0.3) is 0 Å². The monoisotopic (exact) mass is 239 g/mol. The van der Waals surface area contributed by atoms with Crippen LogP contribution in [-0.4, -0.2) is 11.3 Å². The fourth-order valence-electron chi connectivity index (χ4n) is 0.834. The zero-order valence-electron chi connectivity index (χ0n) is 7.24. The number of nitrogens with zero attached hydrogens (tertiary/aromatic N) is 1. The number of rotatable bonds is 2. The summed E-state index contributed by atoms with van der Waals surface area (Å²) in [4.78, 5) is 4.02. The number of halogens is 1. The molecule has 0 heterocycles. The molecule has 0 aliphatic carbocycles. The van der Waals surface area contributed by atoms with Gasteiger partial charge in [-0.15, -0.1) is 0 Å². The molecule has 0 fully saturated rings. The summed E-state index contributed by atoms with van der Waals surface area (Å²) >= 11 is 2.41. The number of phenols is 1. The van der Waals surface area contributed by atoms with Gasteiger partial charge in [0.2, 0.25) is 0 Å². The van der Waals surface area contributed by atoms with Gasteiger partial charge in [0.05, 0.1) is 6.54 Å². The quantitative estimate of drug-likeness (QED) is 0.625. The third-order valence-corrected chi connectivity index (χ3v) is 1.44. The molecular weight excluding hydrogens is 228 g/mol. The SMILES string of the molecule is CC=NCc1ccccc1O.[Cl][Mn]. The maximum absolute atomic E-state index is 9.26. The molecular formula is C9H11ClMnNO. The average molecular weight is 240 g/mol. The molecule has 0 saturated heterocycles. The normalized spacial score (nSPS) is 9.46. The van der Waals surface area contributed by atoms with E-state index in [2.05, 4.69) is 30.2 Å². The Kier molecular flexibility index (Phi) is 7.80. The molecule has 0 aliphatic heterocycles. The molecule has 13 heavy (non-hydrogen) atoms. The van der Waals surface area contributed by atoms with E-state index in [0.29, 0.717) is 12.3 Å². The van der Waals surface area contributed by atoms with E-state index >= 15 is 0 Å². The molecule has 0 radical (unpaired) electrons. The molecule has 0 unspecified atom stereocenters. The Bertz CT molecular complexity index is 266. The van der Waals surface area contributed by atoms with E-state index in [1.807, 2.05) is 19.1 Å². The van der Waals surface area contributed by atoms with Gasteiger partial charge in [-0.25, -0.2) is 0 Å². The molecule has 1 N–H and O–H groups in total. The molecule has 0 aromatic heterocycles. The summed E-state index contributed by atoms with van der Waals surface area (Å²) in [5, 5.41) is 9.26. The molecule has 1 rings (SSSR count). The molecule has 0 saturated carbocycles. The van der Waals surface area contributed by atoms with Gasteiger partial charge in [-0.2, -0.15) is 0 Å². The van der Waals surface area contributed by atoms with Crippen molar-refractivity contribution in [1.29, 1.82) is 0 Å². The predicted octanol–water partition coefficient (Wildman–Crippen LogP) is 2.67. The predicted molar refractivity (Wildman–Crippen MR) is 51.8 cm³/mol. The zero-order chi connectivity index (χ0) is 10.1. The summed E-state index contributed by atoms with van der Waals surface area (Å²) in [6.45, 7) is 2.42. The topological polar surface area (TPSA) is 32.6 Å². The van der Waals surface area contributed by atoms with E-state index in [1.165, 1.54) is 0 Å². The minimum atomic E-state index is 0.318. The average Bonchev–Trinajstić information content (AvgIpc) is 2.20. The fraction of sp³-hybridized carbons (Fsp3) is 0.222. The van der Waals surface area contributed by atoms with Crippen LogP contribution in [0.25, 0.3) is 0 Å². The van der Waals surface area contributed by atoms with Gasteiger partial charge in [-0.05, 0) is 19.2 Å². The van der Waals surface area contributed by atoms with Crippen molar-refractivity contribution in [2.45, 2.75) is 13.5 Å². The molecule has 0 amide bonds. The Morgan fingerprint density at radius 1 is 1.46 bits per heavy atom. The number of benzene rings is 1. The Morgan fingerprint density at radius 3 is 2.62 bits per heavy atom. The van der Waals surface area contributed by atoms with Crippen molar-refractivity contribution in [3.8, 4) is 5.75 Å². The molecule has 4 heteroatoms. The molecule has 1 aromatic carbocycles. The first-order valence-corrected chi connectivity index (χ1v) is 5.32. The Labute approximate surface area is 90.7 Å². The summed E-state index contributed by atoms with van der Waals surface area (Å²) in [5.74, 6) is 0.318. The van der Waals surface area contributed by atoms with Crippen LogP contribution >= 0.6 is 10.1 Å². The Balaban J connectivity index is 0.000000671. The van der Waals surface area contributed by atoms with Crippen molar-refractivity contribution in [3.63, 3.8) is 0 Å². The van der Waals surface area contributed by atoms with Gasteiger partial charge in [0, 0.05) is 5.56 Å². The number of hydrogen-bond acceptors (Lipinski definition) is 2. The van der Waals surface area contributed by atoms with Crippen LogP contribution in [0.1, 0.15) is 12.5 Å². The Morgan fingerprint density at radius 2 is 2.08 bits per heavy atom. The summed E-state index contributed by atoms with van der Waals surface area (Å²) in [5.41, 5.74) is 0.866. The molecule has 0 aliphatic rings. The van der Waals surface area contributed by atoms with Gasteiger partial charge < -0.3 is 5.11 Å². The second kappa shape index (κ2) is 8.11. The van der Waals surface area contributed by atoms with Crippen LogP contribution in [0, 0.1) is 0 Å². The second-order valence-corrected chi connectivity index (χ2v) is 2.23. The molecule has 0 spiro atoms. The summed E-state index contributed by atoms with van der Waals surface area (Å²) < 4.78 is 0. The van der Waals surface area contributed by atoms with Crippen LogP contribution in [-0.2, 0) is 21.6 Å². The van der Waals surface area contributed by atoms with Gasteiger partial charge >= 0.3 is 25.2 Å². The molecule has 72 valence electrons. The van der Waals surface area contributed by atoms with Crippen molar-refractivity contribution in [2.24, 2.45) is 4.99 Å². The van der Waals surface area contributed by atoms with Crippen molar-refractivity contribution in [1.82, 2.24) is 0 Å². The van der Waals surface area contributed by atoms with Crippen LogP contribution in [0.5, 0.6) is 5.75 Å². The third-order valence-electron chi connectivity index (χ3n) is 1.44. The van der Waals surface area contributed by atoms with Crippen molar-refractivity contribution < 1.29 is 20.2 Å². The summed E-state index contributed by atoms with van der Waals surface area (Å²) in [6, 6.07) is 7.22. The van der Waals surface area contributed by atoms with Crippen molar-refractivity contribution in [3.05, 3.63) is 29.8 Å². The first-order valence-electron chi connectivity index (χ1n) is 3.70. The van der Waals surface area contributed by atoms with E-state index in [0.717, 1.165) is 5.56 Å². The standard InChI is InChI=1S/C9H11NO.ClH.Mn/c1-2-10-7-8-5-3-4-6-9(8)11;;/h2-6,11H,7H2,1H3;1H;/q;;+1/p-1. The molecule has 0 atom stereocenters. The Hall–Kier alpha value is -0.501. The van der Waals surface area contributed by atoms with Gasteiger partial charge in [-0.1, -0.05) is 18.2 Å². The second-order valence-electron chi connectivity index (χ2n) is 2.23. The van der Waals surface area contributed by atoms with E-state index in [-0.39, 0.29) is 0 Å². The number of hydrogen-bond donors (Lipinski definition) is 1. The van der Waals surface area contributed by atoms with Crippen LogP contribution in [0.15, 0.2) is 29.3 Å². The number of aromatic hydroxyl groups is 1. The molecule has 2 nitrogen and oxygen atoms in total. The minimum absolute atomic E-state index is 0.318. The summed E-state index contributed by atoms with van der Waals surface area (Å²) in [7, 11) is 4.45. The first kappa shape index (κ1) is 12.5. The molecule has 0 bridgehead atoms. The van der Waals surface area contributed by atoms with Crippen molar-refractivity contribution >= 4 is 16.3 Å². The van der Waals surface area contributed by atoms with Crippen LogP contribution in [0.3, 0.4) is 0 Å². The van der Waals surface area contributed by atoms with Crippen LogP contribution in [0.2, 0.25) is 0 Å². The van der Waals surface area contributed by atoms with Crippen molar-refractivity contribution in [2.75, 3.05) is 0 Å².